The summed E-state index contributed by atoms with van der Waals surface area (Å²) in [6.45, 7) is 5.24. The lowest BCUT2D eigenvalue weighted by atomic mass is 9.92. The molecule has 1 aromatic carbocycles. The van der Waals surface area contributed by atoms with Gasteiger partial charge in [-0.05, 0) is 31.2 Å². The highest BCUT2D eigenvalue weighted by Gasteiger charge is 2.53. The number of amides is 2. The number of likely N-dealkylation sites (tertiary alicyclic amines) is 1. The summed E-state index contributed by atoms with van der Waals surface area (Å²) in [6, 6.07) is 10.1. The maximum Gasteiger partial charge on any atom is 0.233 e. The molecule has 0 N–H and O–H groups in total. The Bertz CT molecular complexity index is 875. The standard InChI is InChI=1S/C22H28N4O3/c1-16-23-20(24-29-16)10-14-26(17(2)27)19-9-6-13-25(15-19)21(28)22(11-12-22)18-7-4-3-5-8-18/h3-5,7-8,19H,6,9-15H2,1-2H3. The Hall–Kier alpha value is -2.70. The second kappa shape index (κ2) is 7.97. The predicted octanol–water partition coefficient (Wildman–Crippen LogP) is 2.49. The molecule has 0 radical (unpaired) electrons. The number of hydrogen-bond donors (Lipinski definition) is 0. The lowest BCUT2D eigenvalue weighted by Gasteiger charge is -2.40. The molecule has 2 fully saturated rings. The normalized spacial score (nSPS) is 20.3. The zero-order chi connectivity index (χ0) is 20.4. The number of rotatable bonds is 6. The minimum atomic E-state index is -0.355. The van der Waals surface area contributed by atoms with Crippen molar-refractivity contribution in [1.82, 2.24) is 19.9 Å². The van der Waals surface area contributed by atoms with Crippen LogP contribution in [0.3, 0.4) is 0 Å². The third kappa shape index (κ3) is 4.04. The van der Waals surface area contributed by atoms with Gasteiger partial charge in [0.05, 0.1) is 5.41 Å². The number of aromatic nitrogens is 2. The van der Waals surface area contributed by atoms with Crippen molar-refractivity contribution in [3.05, 3.63) is 47.6 Å². The summed E-state index contributed by atoms with van der Waals surface area (Å²) in [7, 11) is 0. The van der Waals surface area contributed by atoms with Gasteiger partial charge in [0.25, 0.3) is 0 Å². The molecular formula is C22H28N4O3. The second-order valence-electron chi connectivity index (χ2n) is 8.19. The largest absolute Gasteiger partial charge is 0.340 e. The van der Waals surface area contributed by atoms with Crippen LogP contribution < -0.4 is 0 Å². The maximum atomic E-state index is 13.4. The Morgan fingerprint density at radius 1 is 1.28 bits per heavy atom. The average molecular weight is 396 g/mol. The Balaban J connectivity index is 1.43. The fourth-order valence-electron chi connectivity index (χ4n) is 4.46. The minimum Gasteiger partial charge on any atom is -0.340 e. The maximum absolute atomic E-state index is 13.4. The molecule has 2 heterocycles. The Morgan fingerprint density at radius 3 is 2.66 bits per heavy atom. The van der Waals surface area contributed by atoms with Crippen molar-refractivity contribution in [1.29, 1.82) is 0 Å². The van der Waals surface area contributed by atoms with E-state index in [1.807, 2.05) is 28.0 Å². The first-order valence-electron chi connectivity index (χ1n) is 10.4. The van der Waals surface area contributed by atoms with E-state index in [0.717, 1.165) is 37.8 Å². The molecule has 1 atom stereocenters. The molecule has 7 nitrogen and oxygen atoms in total. The van der Waals surface area contributed by atoms with Crippen LogP contribution >= 0.6 is 0 Å². The molecule has 0 bridgehead atoms. The van der Waals surface area contributed by atoms with Gasteiger partial charge >= 0.3 is 0 Å². The highest BCUT2D eigenvalue weighted by molar-refractivity contribution is 5.91. The van der Waals surface area contributed by atoms with Crippen LogP contribution in [-0.4, -0.2) is 57.4 Å². The summed E-state index contributed by atoms with van der Waals surface area (Å²) in [4.78, 5) is 33.8. The van der Waals surface area contributed by atoms with E-state index in [-0.39, 0.29) is 23.3 Å². The Morgan fingerprint density at radius 2 is 2.03 bits per heavy atom. The summed E-state index contributed by atoms with van der Waals surface area (Å²) < 4.78 is 5.02. The first-order valence-corrected chi connectivity index (χ1v) is 10.4. The van der Waals surface area contributed by atoms with Crippen molar-refractivity contribution < 1.29 is 14.1 Å². The molecule has 2 amide bonds. The van der Waals surface area contributed by atoms with Gasteiger partial charge in [-0.15, -0.1) is 0 Å². The monoisotopic (exact) mass is 396 g/mol. The number of hydrogen-bond acceptors (Lipinski definition) is 5. The fourth-order valence-corrected chi connectivity index (χ4v) is 4.46. The number of piperidine rings is 1. The molecule has 1 saturated carbocycles. The third-order valence-corrected chi connectivity index (χ3v) is 6.16. The molecule has 2 aromatic rings. The van der Waals surface area contributed by atoms with Gasteiger partial charge in [0.1, 0.15) is 0 Å². The van der Waals surface area contributed by atoms with E-state index in [1.54, 1.807) is 13.8 Å². The number of carbonyl (C=O) groups is 2. The van der Waals surface area contributed by atoms with Crippen LogP contribution in [0.15, 0.2) is 34.9 Å². The zero-order valence-electron chi connectivity index (χ0n) is 17.1. The number of carbonyl (C=O) groups excluding carboxylic acids is 2. The van der Waals surface area contributed by atoms with Gasteiger partial charge in [0, 0.05) is 45.9 Å². The third-order valence-electron chi connectivity index (χ3n) is 6.16. The Labute approximate surface area is 171 Å². The van der Waals surface area contributed by atoms with Crippen LogP contribution in [0.1, 0.15) is 49.9 Å². The minimum absolute atomic E-state index is 0.0220. The molecule has 4 rings (SSSR count). The summed E-state index contributed by atoms with van der Waals surface area (Å²) in [5, 5.41) is 3.92. The van der Waals surface area contributed by atoms with Crippen molar-refractivity contribution in [2.45, 2.75) is 57.4 Å². The van der Waals surface area contributed by atoms with Gasteiger partial charge in [-0.25, -0.2) is 0 Å². The summed E-state index contributed by atoms with van der Waals surface area (Å²) >= 11 is 0. The first-order chi connectivity index (χ1) is 14.0. The molecule has 154 valence electrons. The van der Waals surface area contributed by atoms with Crippen LogP contribution in [-0.2, 0) is 21.4 Å². The highest BCUT2D eigenvalue weighted by Crippen LogP contribution is 2.49. The summed E-state index contributed by atoms with van der Waals surface area (Å²) in [5.74, 6) is 1.37. The quantitative estimate of drug-likeness (QED) is 0.750. The van der Waals surface area contributed by atoms with Gasteiger partial charge in [0.15, 0.2) is 5.82 Å². The van der Waals surface area contributed by atoms with Crippen molar-refractivity contribution in [2.24, 2.45) is 0 Å². The van der Waals surface area contributed by atoms with Crippen LogP contribution in [0.25, 0.3) is 0 Å². The van der Waals surface area contributed by atoms with Crippen molar-refractivity contribution in [2.75, 3.05) is 19.6 Å². The van der Waals surface area contributed by atoms with Gasteiger partial charge in [-0.3, -0.25) is 9.59 Å². The van der Waals surface area contributed by atoms with E-state index >= 15 is 0 Å². The predicted molar refractivity (Wildman–Crippen MR) is 107 cm³/mol. The second-order valence-corrected chi connectivity index (χ2v) is 8.19. The van der Waals surface area contributed by atoms with E-state index in [2.05, 4.69) is 22.3 Å². The number of benzene rings is 1. The summed E-state index contributed by atoms with van der Waals surface area (Å²) in [6.07, 6.45) is 4.18. The van der Waals surface area contributed by atoms with Gasteiger partial charge < -0.3 is 14.3 Å². The van der Waals surface area contributed by atoms with Crippen molar-refractivity contribution in [3.8, 4) is 0 Å². The van der Waals surface area contributed by atoms with Gasteiger partial charge in [-0.1, -0.05) is 35.5 Å². The number of aryl methyl sites for hydroxylation is 1. The van der Waals surface area contributed by atoms with Crippen molar-refractivity contribution in [3.63, 3.8) is 0 Å². The lowest BCUT2D eigenvalue weighted by molar-refractivity contribution is -0.140. The van der Waals surface area contributed by atoms with Crippen LogP contribution in [0, 0.1) is 6.92 Å². The van der Waals surface area contributed by atoms with Crippen molar-refractivity contribution >= 4 is 11.8 Å². The van der Waals surface area contributed by atoms with Gasteiger partial charge in [0.2, 0.25) is 17.7 Å². The fraction of sp³-hybridized carbons (Fsp3) is 0.545. The molecule has 1 aliphatic carbocycles. The van der Waals surface area contributed by atoms with E-state index in [0.29, 0.717) is 31.2 Å². The summed E-state index contributed by atoms with van der Waals surface area (Å²) in [5.41, 5.74) is 0.759. The molecule has 1 saturated heterocycles. The first kappa shape index (κ1) is 19.6. The van der Waals surface area contributed by atoms with Crippen LogP contribution in [0.5, 0.6) is 0 Å². The molecule has 1 unspecified atom stereocenters. The smallest absolute Gasteiger partial charge is 0.233 e. The van der Waals surface area contributed by atoms with Gasteiger partial charge in [-0.2, -0.15) is 4.98 Å². The highest BCUT2D eigenvalue weighted by atomic mass is 16.5. The number of nitrogens with zero attached hydrogens (tertiary/aromatic N) is 4. The molecule has 1 aliphatic heterocycles. The SMILES string of the molecule is CC(=O)N(CCc1noc(C)n1)C1CCCN(C(=O)C2(c3ccccc3)CC2)C1. The molecule has 7 heteroatoms. The topological polar surface area (TPSA) is 79.5 Å². The Kier molecular flexibility index (Phi) is 5.39. The molecular weight excluding hydrogens is 368 g/mol. The molecule has 1 aromatic heterocycles. The average Bonchev–Trinajstić information content (AvgIpc) is 3.44. The van der Waals surface area contributed by atoms with E-state index < -0.39 is 0 Å². The van der Waals surface area contributed by atoms with E-state index in [1.165, 1.54) is 0 Å². The van der Waals surface area contributed by atoms with E-state index in [9.17, 15) is 9.59 Å². The molecule has 0 spiro atoms. The van der Waals surface area contributed by atoms with E-state index in [4.69, 9.17) is 4.52 Å². The lowest BCUT2D eigenvalue weighted by Crippen LogP contribution is -2.53. The molecule has 2 aliphatic rings. The zero-order valence-corrected chi connectivity index (χ0v) is 17.1. The van der Waals surface area contributed by atoms with Crippen LogP contribution in [0.2, 0.25) is 0 Å². The van der Waals surface area contributed by atoms with Crippen LogP contribution in [0.4, 0.5) is 0 Å². The molecule has 29 heavy (non-hydrogen) atoms.